The number of carbonyl (C=O) groups excluding carboxylic acids is 1. The number of amides is 1. The summed E-state index contributed by atoms with van der Waals surface area (Å²) in [5.41, 5.74) is 4.08. The lowest BCUT2D eigenvalue weighted by atomic mass is 10.1. The van der Waals surface area contributed by atoms with Gasteiger partial charge in [0, 0.05) is 19.0 Å². The third kappa shape index (κ3) is 0.908. The van der Waals surface area contributed by atoms with Crippen LogP contribution in [-0.4, -0.2) is 23.4 Å². The van der Waals surface area contributed by atoms with Crippen molar-refractivity contribution in [3.63, 3.8) is 0 Å². The Morgan fingerprint density at radius 1 is 1.64 bits per heavy atom. The molecule has 0 aromatic rings. The predicted molar refractivity (Wildman–Crippen MR) is 42.0 cm³/mol. The van der Waals surface area contributed by atoms with E-state index < -0.39 is 0 Å². The number of rotatable bonds is 0. The molecule has 2 heteroatoms. The van der Waals surface area contributed by atoms with E-state index in [1.165, 1.54) is 5.57 Å². The predicted octanol–water partition coefficient (Wildman–Crippen LogP) is 1.09. The van der Waals surface area contributed by atoms with Gasteiger partial charge in [0.2, 0.25) is 5.91 Å². The molecule has 0 radical (unpaired) electrons. The highest BCUT2D eigenvalue weighted by atomic mass is 16.2. The molecular formula is C9H11NO. The van der Waals surface area contributed by atoms with Crippen LogP contribution in [0.2, 0.25) is 0 Å². The molecule has 2 saturated heterocycles. The fourth-order valence-electron chi connectivity index (χ4n) is 1.91. The molecule has 0 N–H and O–H groups in total. The van der Waals surface area contributed by atoms with Crippen molar-refractivity contribution in [2.45, 2.75) is 25.3 Å². The molecule has 2 heterocycles. The number of hydrogen-bond acceptors (Lipinski definition) is 1. The van der Waals surface area contributed by atoms with Crippen LogP contribution in [0.1, 0.15) is 19.3 Å². The molecule has 0 aliphatic carbocycles. The standard InChI is InChI=1S/C9H11NO/c1-2-7-5-8-3-4-9(11)10(8)6-7/h8H,1,3-6H2. The van der Waals surface area contributed by atoms with Gasteiger partial charge in [-0.1, -0.05) is 6.58 Å². The van der Waals surface area contributed by atoms with Gasteiger partial charge in [-0.25, -0.2) is 0 Å². The molecule has 11 heavy (non-hydrogen) atoms. The monoisotopic (exact) mass is 149 g/mol. The summed E-state index contributed by atoms with van der Waals surface area (Å²) in [7, 11) is 0. The number of hydrogen-bond donors (Lipinski definition) is 0. The minimum atomic E-state index is 0.306. The molecular weight excluding hydrogens is 138 g/mol. The second kappa shape index (κ2) is 2.24. The van der Waals surface area contributed by atoms with Gasteiger partial charge in [0.25, 0.3) is 0 Å². The van der Waals surface area contributed by atoms with E-state index in [4.69, 9.17) is 0 Å². The van der Waals surface area contributed by atoms with Crippen LogP contribution < -0.4 is 0 Å². The van der Waals surface area contributed by atoms with E-state index in [2.05, 4.69) is 12.3 Å². The largest absolute Gasteiger partial charge is 0.335 e. The average molecular weight is 149 g/mol. The van der Waals surface area contributed by atoms with Gasteiger partial charge in [0.05, 0.1) is 0 Å². The maximum atomic E-state index is 11.2. The van der Waals surface area contributed by atoms with Gasteiger partial charge in [-0.2, -0.15) is 0 Å². The van der Waals surface area contributed by atoms with Crippen molar-refractivity contribution >= 4 is 5.91 Å². The van der Waals surface area contributed by atoms with Crippen molar-refractivity contribution in [1.82, 2.24) is 4.90 Å². The quantitative estimate of drug-likeness (QED) is 0.472. The first-order chi connectivity index (χ1) is 5.31. The highest BCUT2D eigenvalue weighted by molar-refractivity contribution is 5.79. The molecule has 0 saturated carbocycles. The summed E-state index contributed by atoms with van der Waals surface area (Å²) in [6.45, 7) is 4.38. The highest BCUT2D eigenvalue weighted by Crippen LogP contribution is 2.30. The second-order valence-corrected chi connectivity index (χ2v) is 3.20. The zero-order valence-electron chi connectivity index (χ0n) is 6.47. The molecule has 0 spiro atoms. The topological polar surface area (TPSA) is 20.3 Å². The Morgan fingerprint density at radius 2 is 2.45 bits per heavy atom. The van der Waals surface area contributed by atoms with Crippen molar-refractivity contribution < 1.29 is 4.79 Å². The molecule has 2 rings (SSSR count). The number of nitrogens with zero attached hydrogens (tertiary/aromatic N) is 1. The first-order valence-corrected chi connectivity index (χ1v) is 3.98. The first-order valence-electron chi connectivity index (χ1n) is 3.98. The minimum absolute atomic E-state index is 0.306. The fourth-order valence-corrected chi connectivity index (χ4v) is 1.91. The Balaban J connectivity index is 2.21. The van der Waals surface area contributed by atoms with Crippen LogP contribution in [0, 0.1) is 0 Å². The Morgan fingerprint density at radius 3 is 3.09 bits per heavy atom. The molecule has 58 valence electrons. The second-order valence-electron chi connectivity index (χ2n) is 3.20. The summed E-state index contributed by atoms with van der Waals surface area (Å²) >= 11 is 0. The van der Waals surface area contributed by atoms with Crippen molar-refractivity contribution in [3.05, 3.63) is 17.9 Å². The van der Waals surface area contributed by atoms with Crippen molar-refractivity contribution in [2.75, 3.05) is 6.54 Å². The van der Waals surface area contributed by atoms with Gasteiger partial charge < -0.3 is 4.90 Å². The van der Waals surface area contributed by atoms with Gasteiger partial charge in [-0.15, -0.1) is 5.73 Å². The van der Waals surface area contributed by atoms with Gasteiger partial charge in [-0.3, -0.25) is 4.79 Å². The molecule has 1 atom stereocenters. The van der Waals surface area contributed by atoms with Crippen LogP contribution >= 0.6 is 0 Å². The molecule has 2 aliphatic rings. The summed E-state index contributed by atoms with van der Waals surface area (Å²) in [6, 6.07) is 0.478. The molecule has 0 bridgehead atoms. The van der Waals surface area contributed by atoms with Crippen LogP contribution in [0.15, 0.2) is 17.9 Å². The van der Waals surface area contributed by atoms with Crippen molar-refractivity contribution in [2.24, 2.45) is 0 Å². The molecule has 0 aromatic heterocycles. The molecule has 1 amide bonds. The van der Waals surface area contributed by atoms with Gasteiger partial charge in [0.1, 0.15) is 0 Å². The van der Waals surface area contributed by atoms with E-state index in [-0.39, 0.29) is 0 Å². The van der Waals surface area contributed by atoms with Crippen LogP contribution in [0.4, 0.5) is 0 Å². The third-order valence-electron chi connectivity index (χ3n) is 2.55. The minimum Gasteiger partial charge on any atom is -0.335 e. The van der Waals surface area contributed by atoms with E-state index >= 15 is 0 Å². The maximum absolute atomic E-state index is 11.2. The molecule has 2 nitrogen and oxygen atoms in total. The maximum Gasteiger partial charge on any atom is 0.223 e. The highest BCUT2D eigenvalue weighted by Gasteiger charge is 2.36. The zero-order chi connectivity index (χ0) is 7.84. The first kappa shape index (κ1) is 6.68. The lowest BCUT2D eigenvalue weighted by Crippen LogP contribution is -2.26. The Kier molecular flexibility index (Phi) is 1.36. The number of fused-ring (bicyclic) bond motifs is 1. The Labute approximate surface area is 66.2 Å². The summed E-state index contributed by atoms with van der Waals surface area (Å²) in [6.07, 6.45) is 2.79. The smallest absolute Gasteiger partial charge is 0.223 e. The van der Waals surface area contributed by atoms with E-state index in [0.717, 1.165) is 25.8 Å². The van der Waals surface area contributed by atoms with Gasteiger partial charge >= 0.3 is 0 Å². The van der Waals surface area contributed by atoms with Gasteiger partial charge in [0.15, 0.2) is 0 Å². The third-order valence-corrected chi connectivity index (χ3v) is 2.55. The van der Waals surface area contributed by atoms with Crippen molar-refractivity contribution in [1.29, 1.82) is 0 Å². The van der Waals surface area contributed by atoms with Crippen molar-refractivity contribution in [3.8, 4) is 0 Å². The van der Waals surface area contributed by atoms with Crippen LogP contribution in [0.25, 0.3) is 0 Å². The summed E-state index contributed by atoms with van der Waals surface area (Å²) in [5.74, 6) is 0.306. The normalized spacial score (nSPS) is 29.1. The van der Waals surface area contributed by atoms with Gasteiger partial charge in [-0.05, 0) is 18.4 Å². The molecule has 0 aromatic carbocycles. The molecule has 2 aliphatic heterocycles. The van der Waals surface area contributed by atoms with E-state index in [9.17, 15) is 4.79 Å². The summed E-state index contributed by atoms with van der Waals surface area (Å²) < 4.78 is 0. The van der Waals surface area contributed by atoms with E-state index in [1.54, 1.807) is 0 Å². The van der Waals surface area contributed by atoms with Crippen LogP contribution in [0.3, 0.4) is 0 Å². The van der Waals surface area contributed by atoms with Crippen LogP contribution in [-0.2, 0) is 4.79 Å². The zero-order valence-corrected chi connectivity index (χ0v) is 6.47. The Bertz CT molecular complexity index is 250. The molecule has 2 fully saturated rings. The summed E-state index contributed by atoms with van der Waals surface area (Å²) in [4.78, 5) is 13.1. The van der Waals surface area contributed by atoms with Crippen LogP contribution in [0.5, 0.6) is 0 Å². The summed E-state index contributed by atoms with van der Waals surface area (Å²) in [5, 5.41) is 0. The molecule has 1 unspecified atom stereocenters. The SMILES string of the molecule is C=C=C1CC2CCC(=O)N2C1. The lowest BCUT2D eigenvalue weighted by molar-refractivity contribution is -0.127. The van der Waals surface area contributed by atoms with E-state index in [1.807, 2.05) is 4.90 Å². The Hall–Kier alpha value is -1.01. The fraction of sp³-hybridized carbons (Fsp3) is 0.556. The number of carbonyl (C=O) groups is 1. The van der Waals surface area contributed by atoms with E-state index in [0.29, 0.717) is 11.9 Å². The average Bonchev–Trinajstić information content (AvgIpc) is 2.53. The lowest BCUT2D eigenvalue weighted by Gasteiger charge is -2.12.